The van der Waals surface area contributed by atoms with Gasteiger partial charge in [-0.25, -0.2) is 4.18 Å². The van der Waals surface area contributed by atoms with Gasteiger partial charge in [-0.15, -0.1) is 0 Å². The van der Waals surface area contributed by atoms with Crippen molar-refractivity contribution in [1.29, 1.82) is 0 Å². The first kappa shape index (κ1) is 16.8. The van der Waals surface area contributed by atoms with Crippen LogP contribution in [0.5, 0.6) is 0 Å². The van der Waals surface area contributed by atoms with Gasteiger partial charge in [0.25, 0.3) is 0 Å². The van der Waals surface area contributed by atoms with Crippen molar-refractivity contribution in [3.05, 3.63) is 0 Å². The third-order valence-corrected chi connectivity index (χ3v) is 3.60. The molecule has 1 heterocycles. The molecule has 1 aliphatic rings. The Labute approximate surface area is 112 Å². The fourth-order valence-corrected chi connectivity index (χ4v) is 2.47. The smallest absolute Gasteiger partial charge is 0.378 e. The van der Waals surface area contributed by atoms with Crippen LogP contribution in [0.25, 0.3) is 0 Å². The van der Waals surface area contributed by atoms with E-state index in [4.69, 9.17) is 23.5 Å². The van der Waals surface area contributed by atoms with Crippen molar-refractivity contribution in [2.45, 2.75) is 31.5 Å². The lowest BCUT2D eigenvalue weighted by atomic mass is 9.90. The largest absolute Gasteiger partial charge is 0.397 e. The molecule has 1 saturated heterocycles. The molecule has 0 radical (unpaired) electrons. The first-order valence-electron chi connectivity index (χ1n) is 5.69. The van der Waals surface area contributed by atoms with E-state index in [1.165, 1.54) is 21.3 Å². The first-order chi connectivity index (χ1) is 8.84. The monoisotopic (exact) mass is 300 g/mol. The quantitative estimate of drug-likeness (QED) is 0.676. The fraction of sp³-hybridized carbons (Fsp3) is 1.00. The molecule has 1 fully saturated rings. The van der Waals surface area contributed by atoms with Gasteiger partial charge in [0.2, 0.25) is 0 Å². The fourth-order valence-electron chi connectivity index (χ4n) is 2.17. The Morgan fingerprint density at radius 3 is 2.11 bits per heavy atom. The summed E-state index contributed by atoms with van der Waals surface area (Å²) >= 11 is 0. The van der Waals surface area contributed by atoms with Gasteiger partial charge >= 0.3 is 10.4 Å². The molecule has 1 rings (SSSR count). The van der Waals surface area contributed by atoms with Crippen LogP contribution in [-0.2, 0) is 33.5 Å². The van der Waals surface area contributed by atoms with Crippen LogP contribution in [0, 0.1) is 5.92 Å². The Hall–Kier alpha value is -0.290. The molecule has 0 aromatic heterocycles. The minimum Gasteiger partial charge on any atom is -0.378 e. The standard InChI is InChI=1S/C10H20O8S/c1-6-7(5-17-19(11,12)13)18-10(16-4)9(15-3)8(6)14-2/h6-10H,5H2,1-4H3,(H,11,12,13)/t6-,7+,8-,9-,10+/m0/s1. The molecule has 0 aliphatic carbocycles. The zero-order chi connectivity index (χ0) is 14.6. The summed E-state index contributed by atoms with van der Waals surface area (Å²) in [6.07, 6.45) is -2.10. The molecule has 1 N–H and O–H groups in total. The molecule has 19 heavy (non-hydrogen) atoms. The van der Waals surface area contributed by atoms with Gasteiger partial charge in [-0.3, -0.25) is 4.55 Å². The maximum absolute atomic E-state index is 10.6. The van der Waals surface area contributed by atoms with E-state index < -0.39 is 28.9 Å². The number of rotatable bonds is 6. The zero-order valence-corrected chi connectivity index (χ0v) is 12.1. The average Bonchev–Trinajstić information content (AvgIpc) is 2.35. The molecule has 0 unspecified atom stereocenters. The molecule has 1 aliphatic heterocycles. The van der Waals surface area contributed by atoms with Crippen LogP contribution in [0.2, 0.25) is 0 Å². The van der Waals surface area contributed by atoms with Crippen molar-refractivity contribution in [3.63, 3.8) is 0 Å². The lowest BCUT2D eigenvalue weighted by Crippen LogP contribution is -2.56. The minimum absolute atomic E-state index is 0.205. The van der Waals surface area contributed by atoms with Gasteiger partial charge < -0.3 is 18.9 Å². The number of hydrogen-bond donors (Lipinski definition) is 1. The van der Waals surface area contributed by atoms with E-state index >= 15 is 0 Å². The zero-order valence-electron chi connectivity index (χ0n) is 11.3. The molecule has 114 valence electrons. The van der Waals surface area contributed by atoms with Gasteiger partial charge in [0.1, 0.15) is 6.10 Å². The van der Waals surface area contributed by atoms with Crippen LogP contribution in [0.4, 0.5) is 0 Å². The SMILES string of the molecule is CO[C@@H]1O[C@H](COS(=O)(=O)O)[C@H](C)[C@H](OC)[C@@H]1OC. The Morgan fingerprint density at radius 1 is 1.11 bits per heavy atom. The Bertz CT molecular complexity index is 370. The van der Waals surface area contributed by atoms with Gasteiger partial charge in [-0.1, -0.05) is 6.92 Å². The highest BCUT2D eigenvalue weighted by Crippen LogP contribution is 2.30. The molecule has 8 nitrogen and oxygen atoms in total. The molecular formula is C10H20O8S. The predicted molar refractivity (Wildman–Crippen MR) is 63.9 cm³/mol. The van der Waals surface area contributed by atoms with E-state index in [0.29, 0.717) is 0 Å². The van der Waals surface area contributed by atoms with Gasteiger partial charge in [0, 0.05) is 27.2 Å². The third-order valence-electron chi connectivity index (χ3n) is 3.16. The summed E-state index contributed by atoms with van der Waals surface area (Å²) in [6, 6.07) is 0. The summed E-state index contributed by atoms with van der Waals surface area (Å²) < 4.78 is 55.4. The predicted octanol–water partition coefficient (Wildman–Crippen LogP) is -0.157. The van der Waals surface area contributed by atoms with E-state index in [1.807, 2.05) is 6.92 Å². The van der Waals surface area contributed by atoms with Crippen LogP contribution in [0.15, 0.2) is 0 Å². The number of hydrogen-bond acceptors (Lipinski definition) is 7. The highest BCUT2D eigenvalue weighted by atomic mass is 32.3. The van der Waals surface area contributed by atoms with Gasteiger partial charge in [-0.05, 0) is 0 Å². The molecular weight excluding hydrogens is 280 g/mol. The maximum Gasteiger partial charge on any atom is 0.397 e. The topological polar surface area (TPSA) is 101 Å². The third kappa shape index (κ3) is 4.35. The lowest BCUT2D eigenvalue weighted by molar-refractivity contribution is -0.288. The van der Waals surface area contributed by atoms with Gasteiger partial charge in [0.15, 0.2) is 6.29 Å². The van der Waals surface area contributed by atoms with Crippen LogP contribution in [0.3, 0.4) is 0 Å². The highest BCUT2D eigenvalue weighted by Gasteiger charge is 2.45. The van der Waals surface area contributed by atoms with Crippen molar-refractivity contribution in [2.24, 2.45) is 5.92 Å². The molecule has 0 saturated carbocycles. The van der Waals surface area contributed by atoms with Gasteiger partial charge in [0.05, 0.1) is 18.8 Å². The average molecular weight is 300 g/mol. The number of methoxy groups -OCH3 is 3. The second-order valence-corrected chi connectivity index (χ2v) is 5.34. The molecule has 9 heteroatoms. The lowest BCUT2D eigenvalue weighted by Gasteiger charge is -2.43. The maximum atomic E-state index is 10.6. The van der Waals surface area contributed by atoms with E-state index in [0.717, 1.165) is 0 Å². The molecule has 0 aromatic rings. The van der Waals surface area contributed by atoms with Crippen molar-refractivity contribution < 1.29 is 36.1 Å². The summed E-state index contributed by atoms with van der Waals surface area (Å²) in [5.41, 5.74) is 0. The number of ether oxygens (including phenoxy) is 4. The molecule has 0 amide bonds. The van der Waals surface area contributed by atoms with E-state index in [1.54, 1.807) is 0 Å². The second kappa shape index (κ2) is 6.93. The molecule has 0 spiro atoms. The van der Waals surface area contributed by atoms with Crippen molar-refractivity contribution in [3.8, 4) is 0 Å². The van der Waals surface area contributed by atoms with E-state index in [-0.39, 0.29) is 18.6 Å². The van der Waals surface area contributed by atoms with Gasteiger partial charge in [-0.2, -0.15) is 8.42 Å². The summed E-state index contributed by atoms with van der Waals surface area (Å²) in [4.78, 5) is 0. The molecule has 0 bridgehead atoms. The second-order valence-electron chi connectivity index (χ2n) is 4.25. The Balaban J connectivity index is 2.78. The molecule has 0 aromatic carbocycles. The first-order valence-corrected chi connectivity index (χ1v) is 7.06. The highest BCUT2D eigenvalue weighted by molar-refractivity contribution is 7.80. The molecule has 5 atom stereocenters. The Morgan fingerprint density at radius 2 is 1.68 bits per heavy atom. The van der Waals surface area contributed by atoms with Crippen molar-refractivity contribution in [2.75, 3.05) is 27.9 Å². The van der Waals surface area contributed by atoms with E-state index in [2.05, 4.69) is 4.18 Å². The van der Waals surface area contributed by atoms with Crippen LogP contribution < -0.4 is 0 Å². The van der Waals surface area contributed by atoms with Crippen LogP contribution in [0.1, 0.15) is 6.92 Å². The van der Waals surface area contributed by atoms with Crippen molar-refractivity contribution >= 4 is 10.4 Å². The van der Waals surface area contributed by atoms with Crippen LogP contribution in [-0.4, -0.2) is 65.5 Å². The Kier molecular flexibility index (Phi) is 6.12. The summed E-state index contributed by atoms with van der Waals surface area (Å²) in [5, 5.41) is 0. The van der Waals surface area contributed by atoms with E-state index in [9.17, 15) is 8.42 Å². The summed E-state index contributed by atoms with van der Waals surface area (Å²) in [7, 11) is -0.0353. The summed E-state index contributed by atoms with van der Waals surface area (Å²) in [6.45, 7) is 1.49. The van der Waals surface area contributed by atoms with Crippen molar-refractivity contribution in [1.82, 2.24) is 0 Å². The summed E-state index contributed by atoms with van der Waals surface area (Å²) in [5.74, 6) is -0.205. The van der Waals surface area contributed by atoms with Crippen LogP contribution >= 0.6 is 0 Å². The normalized spacial score (nSPS) is 36.4. The minimum atomic E-state index is -4.51.